The van der Waals surface area contributed by atoms with Crippen LogP contribution in [0.5, 0.6) is 0 Å². The Morgan fingerprint density at radius 2 is 1.74 bits per heavy atom. The molecule has 0 aromatic carbocycles. The SMILES string of the molecule is CC1CC[C@]2(C)C(C1)C[C@@H](O)[C@@H]1[C@H]3CC[C@H]([C@@H](C)CCC(=O)NCCS(=O)(=O)O)[C@]3(C)CC[C@H]12. The van der Waals surface area contributed by atoms with E-state index in [1.165, 1.54) is 44.9 Å². The molecule has 7 heteroatoms. The third-order valence-corrected chi connectivity index (χ3v) is 11.9. The molecule has 0 saturated heterocycles. The predicted octanol–water partition coefficient (Wildman–Crippen LogP) is 4.67. The Kier molecular flexibility index (Phi) is 7.50. The van der Waals surface area contributed by atoms with E-state index in [0.717, 1.165) is 18.8 Å². The highest BCUT2D eigenvalue weighted by Gasteiger charge is 2.62. The fraction of sp³-hybridized carbons (Fsp3) is 0.963. The summed E-state index contributed by atoms with van der Waals surface area (Å²) in [6.45, 7) is 9.62. The molecule has 0 aromatic rings. The molecule has 3 N–H and O–H groups in total. The molecule has 0 spiro atoms. The van der Waals surface area contributed by atoms with Crippen LogP contribution in [-0.2, 0) is 14.9 Å². The molecule has 4 fully saturated rings. The van der Waals surface area contributed by atoms with Crippen LogP contribution in [0.3, 0.4) is 0 Å². The lowest BCUT2D eigenvalue weighted by Gasteiger charge is -2.62. The van der Waals surface area contributed by atoms with Crippen LogP contribution in [0.15, 0.2) is 0 Å². The van der Waals surface area contributed by atoms with Gasteiger partial charge >= 0.3 is 0 Å². The Labute approximate surface area is 206 Å². The molecule has 196 valence electrons. The average molecular weight is 498 g/mol. The summed E-state index contributed by atoms with van der Waals surface area (Å²) in [7, 11) is -4.05. The second kappa shape index (κ2) is 9.66. The van der Waals surface area contributed by atoms with Crippen molar-refractivity contribution in [1.29, 1.82) is 0 Å². The zero-order chi connectivity index (χ0) is 24.9. The van der Waals surface area contributed by atoms with E-state index in [1.807, 2.05) is 0 Å². The number of fused-ring (bicyclic) bond motifs is 5. The molecule has 0 bridgehead atoms. The predicted molar refractivity (Wildman–Crippen MR) is 134 cm³/mol. The van der Waals surface area contributed by atoms with Crippen molar-refractivity contribution >= 4 is 16.0 Å². The van der Waals surface area contributed by atoms with E-state index in [4.69, 9.17) is 4.55 Å². The molecule has 4 rings (SSSR count). The van der Waals surface area contributed by atoms with Gasteiger partial charge in [-0.25, -0.2) is 0 Å². The fourth-order valence-electron chi connectivity index (χ4n) is 9.38. The normalized spacial score (nSPS) is 45.1. The number of aliphatic hydroxyl groups excluding tert-OH is 1. The van der Waals surface area contributed by atoms with Crippen LogP contribution in [0, 0.1) is 52.3 Å². The van der Waals surface area contributed by atoms with Crippen LogP contribution in [0.4, 0.5) is 0 Å². The van der Waals surface area contributed by atoms with E-state index in [-0.39, 0.29) is 24.0 Å². The maximum atomic E-state index is 12.2. The summed E-state index contributed by atoms with van der Waals surface area (Å²) >= 11 is 0. The van der Waals surface area contributed by atoms with Crippen molar-refractivity contribution in [2.24, 2.45) is 52.3 Å². The summed E-state index contributed by atoms with van der Waals surface area (Å²) in [4.78, 5) is 12.2. The number of aliphatic hydroxyl groups is 1. The summed E-state index contributed by atoms with van der Waals surface area (Å²) in [5, 5.41) is 14.0. The fourth-order valence-corrected chi connectivity index (χ4v) is 9.74. The Hall–Kier alpha value is -0.660. The van der Waals surface area contributed by atoms with E-state index in [0.29, 0.717) is 47.3 Å². The average Bonchev–Trinajstić information content (AvgIpc) is 3.09. The molecule has 2 unspecified atom stereocenters. The van der Waals surface area contributed by atoms with Crippen LogP contribution in [0.1, 0.15) is 91.9 Å². The van der Waals surface area contributed by atoms with Crippen molar-refractivity contribution in [2.45, 2.75) is 98.0 Å². The maximum Gasteiger partial charge on any atom is 0.266 e. The van der Waals surface area contributed by atoms with Gasteiger partial charge in [0.25, 0.3) is 10.1 Å². The van der Waals surface area contributed by atoms with Crippen molar-refractivity contribution in [3.8, 4) is 0 Å². The van der Waals surface area contributed by atoms with Crippen molar-refractivity contribution < 1.29 is 22.9 Å². The molecular formula is C27H47NO5S. The first-order valence-corrected chi connectivity index (χ1v) is 15.4. The molecule has 1 amide bonds. The van der Waals surface area contributed by atoms with Crippen LogP contribution in [0.2, 0.25) is 0 Å². The summed E-state index contributed by atoms with van der Waals surface area (Å²) in [6, 6.07) is 0. The highest BCUT2D eigenvalue weighted by molar-refractivity contribution is 7.85. The molecule has 6 nitrogen and oxygen atoms in total. The Balaban J connectivity index is 1.39. The first-order valence-electron chi connectivity index (χ1n) is 13.7. The first kappa shape index (κ1) is 26.4. The molecule has 10 atom stereocenters. The van der Waals surface area contributed by atoms with Gasteiger partial charge in [0.15, 0.2) is 0 Å². The summed E-state index contributed by atoms with van der Waals surface area (Å²) in [5.74, 6) is 3.50. The number of carbonyl (C=O) groups excluding carboxylic acids is 1. The van der Waals surface area contributed by atoms with Crippen molar-refractivity contribution in [1.82, 2.24) is 5.32 Å². The number of rotatable bonds is 7. The largest absolute Gasteiger partial charge is 0.393 e. The maximum absolute atomic E-state index is 12.2. The number of nitrogens with one attached hydrogen (secondary N) is 1. The van der Waals surface area contributed by atoms with E-state index in [9.17, 15) is 18.3 Å². The molecule has 4 saturated carbocycles. The van der Waals surface area contributed by atoms with Gasteiger partial charge in [0.2, 0.25) is 5.91 Å². The number of carbonyl (C=O) groups is 1. The molecule has 0 radical (unpaired) electrons. The van der Waals surface area contributed by atoms with Crippen LogP contribution in [-0.4, -0.2) is 42.4 Å². The van der Waals surface area contributed by atoms with Crippen molar-refractivity contribution in [2.75, 3.05) is 12.3 Å². The molecule has 0 aromatic heterocycles. The van der Waals surface area contributed by atoms with E-state index < -0.39 is 15.9 Å². The molecular weight excluding hydrogens is 450 g/mol. The zero-order valence-corrected chi connectivity index (χ0v) is 22.4. The minimum absolute atomic E-state index is 0.0469. The highest BCUT2D eigenvalue weighted by Crippen LogP contribution is 2.68. The Morgan fingerprint density at radius 1 is 1.06 bits per heavy atom. The highest BCUT2D eigenvalue weighted by atomic mass is 32.2. The van der Waals surface area contributed by atoms with Gasteiger partial charge in [-0.1, -0.05) is 34.1 Å². The van der Waals surface area contributed by atoms with E-state index in [2.05, 4.69) is 33.0 Å². The quantitative estimate of drug-likeness (QED) is 0.443. The van der Waals surface area contributed by atoms with Gasteiger partial charge in [-0.3, -0.25) is 9.35 Å². The second-order valence-corrected chi connectivity index (χ2v) is 14.6. The molecule has 0 heterocycles. The number of hydrogen-bond donors (Lipinski definition) is 3. The summed E-state index contributed by atoms with van der Waals surface area (Å²) < 4.78 is 30.5. The second-order valence-electron chi connectivity index (χ2n) is 13.1. The number of amides is 1. The third kappa shape index (κ3) is 4.95. The first-order chi connectivity index (χ1) is 15.8. The Morgan fingerprint density at radius 3 is 2.44 bits per heavy atom. The van der Waals surface area contributed by atoms with Gasteiger partial charge in [0.05, 0.1) is 11.9 Å². The van der Waals surface area contributed by atoms with Gasteiger partial charge in [0.1, 0.15) is 0 Å². The lowest BCUT2D eigenvalue weighted by Crippen LogP contribution is -2.58. The molecule has 4 aliphatic rings. The minimum atomic E-state index is -4.05. The van der Waals surface area contributed by atoms with Gasteiger partial charge in [0, 0.05) is 13.0 Å². The smallest absolute Gasteiger partial charge is 0.266 e. The van der Waals surface area contributed by atoms with Crippen molar-refractivity contribution in [3.63, 3.8) is 0 Å². The Bertz CT molecular complexity index is 861. The van der Waals surface area contributed by atoms with Crippen LogP contribution >= 0.6 is 0 Å². The summed E-state index contributed by atoms with van der Waals surface area (Å²) in [6.07, 6.45) is 10.8. The van der Waals surface area contributed by atoms with E-state index in [1.54, 1.807) is 0 Å². The van der Waals surface area contributed by atoms with E-state index >= 15 is 0 Å². The molecule has 0 aliphatic heterocycles. The van der Waals surface area contributed by atoms with Gasteiger partial charge in [-0.15, -0.1) is 0 Å². The lowest BCUT2D eigenvalue weighted by molar-refractivity contribution is -0.168. The van der Waals surface area contributed by atoms with Crippen LogP contribution < -0.4 is 5.32 Å². The molecule has 34 heavy (non-hydrogen) atoms. The lowest BCUT2D eigenvalue weighted by atomic mass is 9.43. The standard InChI is InChI=1S/C27H47NO5S/c1-17-9-11-26(3)19(15-17)16-23(29)25-21-7-6-20(27(21,4)12-10-22(25)26)18(2)5-8-24(30)28-13-14-34(31,32)33/h17-23,25,29H,5-16H2,1-4H3,(H,28,30)(H,31,32,33)/t17?,18-,19?,20+,21+,22+,23+,25+,26+,27-/m0/s1. The summed E-state index contributed by atoms with van der Waals surface area (Å²) in [5.41, 5.74) is 0.621. The third-order valence-electron chi connectivity index (χ3n) is 11.2. The monoisotopic (exact) mass is 497 g/mol. The van der Waals surface area contributed by atoms with Crippen LogP contribution in [0.25, 0.3) is 0 Å². The molecule has 4 aliphatic carbocycles. The van der Waals surface area contributed by atoms with Gasteiger partial charge in [-0.2, -0.15) is 8.42 Å². The van der Waals surface area contributed by atoms with Gasteiger partial charge in [-0.05, 0) is 104 Å². The van der Waals surface area contributed by atoms with Crippen molar-refractivity contribution in [3.05, 3.63) is 0 Å². The topological polar surface area (TPSA) is 104 Å². The zero-order valence-electron chi connectivity index (χ0n) is 21.6. The number of hydrogen-bond acceptors (Lipinski definition) is 4. The van der Waals surface area contributed by atoms with Gasteiger partial charge < -0.3 is 10.4 Å². The minimum Gasteiger partial charge on any atom is -0.393 e.